The summed E-state index contributed by atoms with van der Waals surface area (Å²) in [4.78, 5) is 24.7. The number of rotatable bonds is 4. The molecule has 0 radical (unpaired) electrons. The van der Waals surface area contributed by atoms with Crippen LogP contribution in [0, 0.1) is 6.92 Å². The number of carbonyl (C=O) groups is 2. The number of aromatic carboxylic acids is 1. The molecule has 1 heterocycles. The number of hydrogen-bond donors (Lipinski definition) is 1. The molecule has 1 aromatic carbocycles. The summed E-state index contributed by atoms with van der Waals surface area (Å²) in [5.74, 6) is -0.855. The van der Waals surface area contributed by atoms with Crippen molar-refractivity contribution >= 4 is 11.9 Å². The van der Waals surface area contributed by atoms with Gasteiger partial charge in [-0.25, -0.2) is 4.79 Å². The molecule has 0 saturated carbocycles. The number of benzene rings is 1. The Balaban J connectivity index is 2.06. The Morgan fingerprint density at radius 2 is 2.00 bits per heavy atom. The van der Waals surface area contributed by atoms with Crippen molar-refractivity contribution < 1.29 is 19.4 Å². The molecule has 1 aliphatic rings. The van der Waals surface area contributed by atoms with Crippen LogP contribution < -0.4 is 4.74 Å². The number of hydrogen-bond acceptors (Lipinski definition) is 3. The first-order chi connectivity index (χ1) is 9.09. The number of carboxylic acid groups (broad SMARTS) is 1. The highest BCUT2D eigenvalue weighted by Gasteiger charge is 2.20. The second-order valence-corrected chi connectivity index (χ2v) is 4.63. The third-order valence-electron chi connectivity index (χ3n) is 3.24. The summed E-state index contributed by atoms with van der Waals surface area (Å²) < 4.78 is 5.43. The molecule has 0 atom stereocenters. The Morgan fingerprint density at radius 1 is 1.32 bits per heavy atom. The van der Waals surface area contributed by atoms with Gasteiger partial charge < -0.3 is 14.7 Å². The quantitative estimate of drug-likeness (QED) is 0.897. The third-order valence-corrected chi connectivity index (χ3v) is 3.24. The zero-order valence-corrected chi connectivity index (χ0v) is 10.9. The van der Waals surface area contributed by atoms with Crippen LogP contribution in [-0.2, 0) is 4.79 Å². The monoisotopic (exact) mass is 263 g/mol. The Kier molecular flexibility index (Phi) is 4.04. The molecule has 0 bridgehead atoms. The van der Waals surface area contributed by atoms with Gasteiger partial charge in [0, 0.05) is 13.1 Å². The second-order valence-electron chi connectivity index (χ2n) is 4.63. The molecule has 1 fully saturated rings. The van der Waals surface area contributed by atoms with Crippen LogP contribution >= 0.6 is 0 Å². The van der Waals surface area contributed by atoms with Gasteiger partial charge >= 0.3 is 5.97 Å². The maximum Gasteiger partial charge on any atom is 0.339 e. The zero-order chi connectivity index (χ0) is 13.8. The fourth-order valence-electron chi connectivity index (χ4n) is 2.20. The zero-order valence-electron chi connectivity index (χ0n) is 10.9. The van der Waals surface area contributed by atoms with Crippen molar-refractivity contribution in [2.75, 3.05) is 19.7 Å². The molecular weight excluding hydrogens is 246 g/mol. The normalized spacial score (nSPS) is 14.5. The van der Waals surface area contributed by atoms with Crippen molar-refractivity contribution in [1.29, 1.82) is 0 Å². The van der Waals surface area contributed by atoms with Gasteiger partial charge in [-0.05, 0) is 31.4 Å². The lowest BCUT2D eigenvalue weighted by Crippen LogP contribution is -2.32. The molecule has 0 spiro atoms. The number of nitrogens with zero attached hydrogens (tertiary/aromatic N) is 1. The van der Waals surface area contributed by atoms with E-state index in [0.717, 1.165) is 25.9 Å². The fourth-order valence-corrected chi connectivity index (χ4v) is 2.20. The number of para-hydroxylation sites is 1. The van der Waals surface area contributed by atoms with Gasteiger partial charge in [0.2, 0.25) is 0 Å². The molecule has 0 aromatic heterocycles. The number of likely N-dealkylation sites (tertiary alicyclic amines) is 1. The number of aryl methyl sites for hydroxylation is 1. The smallest absolute Gasteiger partial charge is 0.339 e. The first-order valence-corrected chi connectivity index (χ1v) is 6.33. The van der Waals surface area contributed by atoms with E-state index in [-0.39, 0.29) is 23.8 Å². The molecule has 102 valence electrons. The van der Waals surface area contributed by atoms with Gasteiger partial charge in [0.25, 0.3) is 5.91 Å². The van der Waals surface area contributed by atoms with E-state index in [1.54, 1.807) is 24.0 Å². The average molecular weight is 263 g/mol. The minimum absolute atomic E-state index is 0.0860. The minimum atomic E-state index is -1.05. The Bertz CT molecular complexity index is 492. The van der Waals surface area contributed by atoms with Crippen LogP contribution in [0.3, 0.4) is 0 Å². The number of ether oxygens (including phenoxy) is 1. The van der Waals surface area contributed by atoms with Gasteiger partial charge in [0.05, 0.1) is 0 Å². The van der Waals surface area contributed by atoms with Crippen molar-refractivity contribution in [1.82, 2.24) is 4.90 Å². The van der Waals surface area contributed by atoms with E-state index in [9.17, 15) is 9.59 Å². The van der Waals surface area contributed by atoms with E-state index in [2.05, 4.69) is 0 Å². The molecule has 0 aliphatic carbocycles. The summed E-state index contributed by atoms with van der Waals surface area (Å²) in [7, 11) is 0. The molecule has 5 heteroatoms. The van der Waals surface area contributed by atoms with Crippen LogP contribution in [0.15, 0.2) is 18.2 Å². The molecular formula is C14H17NO4. The number of amides is 1. The largest absolute Gasteiger partial charge is 0.483 e. The summed E-state index contributed by atoms with van der Waals surface area (Å²) in [5.41, 5.74) is 0.809. The van der Waals surface area contributed by atoms with Crippen LogP contribution in [-0.4, -0.2) is 41.6 Å². The van der Waals surface area contributed by atoms with Crippen molar-refractivity contribution in [2.45, 2.75) is 19.8 Å². The molecule has 1 amide bonds. The van der Waals surface area contributed by atoms with Crippen LogP contribution in [0.4, 0.5) is 0 Å². The van der Waals surface area contributed by atoms with E-state index in [1.165, 1.54) is 6.07 Å². The second kappa shape index (κ2) is 5.73. The Labute approximate surface area is 111 Å². The van der Waals surface area contributed by atoms with Gasteiger partial charge in [-0.1, -0.05) is 12.1 Å². The summed E-state index contributed by atoms with van der Waals surface area (Å²) in [6.07, 6.45) is 2.05. The standard InChI is InChI=1S/C14H17NO4/c1-10-5-4-6-11(14(17)18)13(10)19-9-12(16)15-7-2-3-8-15/h4-6H,2-3,7-9H2,1H3,(H,17,18). The first kappa shape index (κ1) is 13.4. The highest BCUT2D eigenvalue weighted by atomic mass is 16.5. The highest BCUT2D eigenvalue weighted by molar-refractivity contribution is 5.91. The van der Waals surface area contributed by atoms with Gasteiger partial charge in [-0.15, -0.1) is 0 Å². The molecule has 2 rings (SSSR count). The third kappa shape index (κ3) is 3.05. The Morgan fingerprint density at radius 3 is 2.63 bits per heavy atom. The molecule has 0 unspecified atom stereocenters. The van der Waals surface area contributed by atoms with Gasteiger partial charge in [-0.2, -0.15) is 0 Å². The lowest BCUT2D eigenvalue weighted by atomic mass is 10.1. The van der Waals surface area contributed by atoms with Gasteiger partial charge in [-0.3, -0.25) is 4.79 Å². The van der Waals surface area contributed by atoms with Crippen LogP contribution in [0.25, 0.3) is 0 Å². The van der Waals surface area contributed by atoms with Crippen molar-refractivity contribution in [3.05, 3.63) is 29.3 Å². The van der Waals surface area contributed by atoms with E-state index < -0.39 is 5.97 Å². The summed E-state index contributed by atoms with van der Waals surface area (Å²) >= 11 is 0. The van der Waals surface area contributed by atoms with Crippen LogP contribution in [0.5, 0.6) is 5.75 Å². The molecule has 1 N–H and O–H groups in total. The maximum atomic E-state index is 11.9. The summed E-state index contributed by atoms with van der Waals surface area (Å²) in [6.45, 7) is 3.19. The number of carboxylic acids is 1. The maximum absolute atomic E-state index is 11.9. The molecule has 1 aliphatic heterocycles. The Hall–Kier alpha value is -2.04. The lowest BCUT2D eigenvalue weighted by molar-refractivity contribution is -0.132. The van der Waals surface area contributed by atoms with Crippen molar-refractivity contribution in [3.8, 4) is 5.75 Å². The fraction of sp³-hybridized carbons (Fsp3) is 0.429. The number of carbonyl (C=O) groups excluding carboxylic acids is 1. The molecule has 1 saturated heterocycles. The average Bonchev–Trinajstić information content (AvgIpc) is 2.90. The van der Waals surface area contributed by atoms with Gasteiger partial charge in [0.1, 0.15) is 11.3 Å². The topological polar surface area (TPSA) is 66.8 Å². The predicted octanol–water partition coefficient (Wildman–Crippen LogP) is 1.69. The van der Waals surface area contributed by atoms with Crippen molar-refractivity contribution in [2.24, 2.45) is 0 Å². The predicted molar refractivity (Wildman–Crippen MR) is 69.4 cm³/mol. The van der Waals surface area contributed by atoms with E-state index >= 15 is 0 Å². The highest BCUT2D eigenvalue weighted by Crippen LogP contribution is 2.23. The minimum Gasteiger partial charge on any atom is -0.483 e. The summed E-state index contributed by atoms with van der Waals surface area (Å²) in [6, 6.07) is 4.90. The van der Waals surface area contributed by atoms with E-state index in [0.29, 0.717) is 5.56 Å². The van der Waals surface area contributed by atoms with E-state index in [1.807, 2.05) is 0 Å². The van der Waals surface area contributed by atoms with Crippen molar-refractivity contribution in [3.63, 3.8) is 0 Å². The lowest BCUT2D eigenvalue weighted by Gasteiger charge is -2.17. The molecule has 1 aromatic rings. The molecule has 5 nitrogen and oxygen atoms in total. The van der Waals surface area contributed by atoms with E-state index in [4.69, 9.17) is 9.84 Å². The van der Waals surface area contributed by atoms with Crippen LogP contribution in [0.2, 0.25) is 0 Å². The summed E-state index contributed by atoms with van der Waals surface area (Å²) in [5, 5.41) is 9.09. The first-order valence-electron chi connectivity index (χ1n) is 6.33. The van der Waals surface area contributed by atoms with Crippen LogP contribution in [0.1, 0.15) is 28.8 Å². The van der Waals surface area contributed by atoms with Gasteiger partial charge in [0.15, 0.2) is 6.61 Å². The molecule has 19 heavy (non-hydrogen) atoms. The SMILES string of the molecule is Cc1cccc(C(=O)O)c1OCC(=O)N1CCCC1.